The van der Waals surface area contributed by atoms with Crippen molar-refractivity contribution in [2.45, 2.75) is 13.5 Å². The Hall–Kier alpha value is -2.51. The van der Waals surface area contributed by atoms with Gasteiger partial charge in [0.25, 0.3) is 11.8 Å². The number of likely N-dealkylation sites (N-methyl/N-ethyl adjacent to an activating group) is 1. The van der Waals surface area contributed by atoms with Gasteiger partial charge in [-0.2, -0.15) is 0 Å². The number of aryl methyl sites for hydroxylation is 1. The first-order chi connectivity index (χ1) is 12.5. The van der Waals surface area contributed by atoms with Crippen LogP contribution in [0, 0.1) is 6.92 Å². The van der Waals surface area contributed by atoms with Crippen LogP contribution in [0.25, 0.3) is 11.5 Å². The number of carbonyl (C=O) groups is 1. The zero-order valence-corrected chi connectivity index (χ0v) is 16.2. The van der Waals surface area contributed by atoms with E-state index in [2.05, 4.69) is 31.4 Å². The third kappa shape index (κ3) is 4.77. The molecule has 1 heterocycles. The number of carbonyl (C=O) groups excluding carboxylic acids is 1. The normalized spacial score (nSPS) is 12.0. The summed E-state index contributed by atoms with van der Waals surface area (Å²) in [5.41, 5.74) is 2.78. The van der Waals surface area contributed by atoms with Crippen LogP contribution in [0.15, 0.2) is 57.4 Å². The Bertz CT molecular complexity index is 910. The monoisotopic (exact) mass is 415 g/mol. The lowest BCUT2D eigenvalue weighted by Crippen LogP contribution is -3.08. The molecule has 134 valence electrons. The van der Waals surface area contributed by atoms with E-state index >= 15 is 0 Å². The molecular weight excluding hydrogens is 396 g/mol. The van der Waals surface area contributed by atoms with Gasteiger partial charge in [0, 0.05) is 10.0 Å². The van der Waals surface area contributed by atoms with Crippen molar-refractivity contribution in [1.29, 1.82) is 0 Å². The summed E-state index contributed by atoms with van der Waals surface area (Å²) in [5.74, 6) is 0.926. The van der Waals surface area contributed by atoms with E-state index in [1.54, 1.807) is 0 Å². The molecule has 0 bridgehead atoms. The number of aromatic nitrogens is 2. The zero-order valence-electron chi connectivity index (χ0n) is 14.6. The van der Waals surface area contributed by atoms with Gasteiger partial charge in [0.2, 0.25) is 5.89 Å². The number of hydrogen-bond donors (Lipinski definition) is 2. The van der Waals surface area contributed by atoms with E-state index in [0.29, 0.717) is 24.9 Å². The van der Waals surface area contributed by atoms with Gasteiger partial charge in [0.1, 0.15) is 0 Å². The molecule has 0 aliphatic heterocycles. The number of nitrogens with zero attached hydrogens (tertiary/aromatic N) is 2. The summed E-state index contributed by atoms with van der Waals surface area (Å²) >= 11 is 3.42. The van der Waals surface area contributed by atoms with E-state index in [0.717, 1.165) is 26.2 Å². The summed E-state index contributed by atoms with van der Waals surface area (Å²) in [6.07, 6.45) is 0. The average Bonchev–Trinajstić information content (AvgIpc) is 3.05. The first kappa shape index (κ1) is 18.3. The lowest BCUT2D eigenvalue weighted by molar-refractivity contribution is -0.886. The van der Waals surface area contributed by atoms with Crippen LogP contribution in [0.5, 0.6) is 0 Å². The molecule has 1 aromatic heterocycles. The fraction of sp³-hybridized carbons (Fsp3) is 0.211. The summed E-state index contributed by atoms with van der Waals surface area (Å²) in [4.78, 5) is 13.2. The number of quaternary nitrogens is 1. The summed E-state index contributed by atoms with van der Waals surface area (Å²) in [7, 11) is 1.91. The Morgan fingerprint density at radius 1 is 1.19 bits per heavy atom. The maximum Gasteiger partial charge on any atom is 0.279 e. The number of para-hydroxylation sites is 1. The minimum absolute atomic E-state index is 0.0761. The van der Waals surface area contributed by atoms with Crippen molar-refractivity contribution in [3.8, 4) is 11.5 Å². The van der Waals surface area contributed by atoms with Gasteiger partial charge < -0.3 is 14.6 Å². The molecule has 0 fully saturated rings. The van der Waals surface area contributed by atoms with Crippen LogP contribution in [-0.4, -0.2) is 29.7 Å². The van der Waals surface area contributed by atoms with Crippen LogP contribution in [0.1, 0.15) is 11.5 Å². The molecule has 0 spiro atoms. The highest BCUT2D eigenvalue weighted by Crippen LogP contribution is 2.21. The van der Waals surface area contributed by atoms with Gasteiger partial charge in [-0.05, 0) is 47.1 Å². The molecule has 1 amide bonds. The van der Waals surface area contributed by atoms with E-state index in [1.165, 1.54) is 0 Å². The molecule has 26 heavy (non-hydrogen) atoms. The highest BCUT2D eigenvalue weighted by Gasteiger charge is 2.16. The Kier molecular flexibility index (Phi) is 5.80. The van der Waals surface area contributed by atoms with Crippen LogP contribution < -0.4 is 10.2 Å². The predicted octanol–water partition coefficient (Wildman–Crippen LogP) is 2.46. The Labute approximate surface area is 160 Å². The van der Waals surface area contributed by atoms with Crippen molar-refractivity contribution in [3.63, 3.8) is 0 Å². The van der Waals surface area contributed by atoms with Crippen LogP contribution in [0.3, 0.4) is 0 Å². The first-order valence-electron chi connectivity index (χ1n) is 8.26. The fourth-order valence-electron chi connectivity index (χ4n) is 2.57. The number of benzene rings is 2. The zero-order chi connectivity index (χ0) is 18.5. The molecule has 0 aliphatic carbocycles. The molecule has 2 aromatic carbocycles. The lowest BCUT2D eigenvalue weighted by atomic mass is 10.1. The van der Waals surface area contributed by atoms with Crippen molar-refractivity contribution < 1.29 is 14.1 Å². The molecule has 0 radical (unpaired) electrons. The quantitative estimate of drug-likeness (QED) is 0.648. The van der Waals surface area contributed by atoms with Crippen molar-refractivity contribution in [2.75, 3.05) is 18.9 Å². The third-order valence-corrected chi connectivity index (χ3v) is 4.49. The van der Waals surface area contributed by atoms with E-state index < -0.39 is 0 Å². The van der Waals surface area contributed by atoms with Gasteiger partial charge in [0.05, 0.1) is 12.7 Å². The molecule has 2 N–H and O–H groups in total. The summed E-state index contributed by atoms with van der Waals surface area (Å²) < 4.78 is 6.58. The molecule has 0 aliphatic rings. The van der Waals surface area contributed by atoms with Crippen molar-refractivity contribution in [1.82, 2.24) is 10.2 Å². The van der Waals surface area contributed by atoms with Gasteiger partial charge >= 0.3 is 0 Å². The second kappa shape index (κ2) is 8.25. The Morgan fingerprint density at radius 2 is 2.00 bits per heavy atom. The van der Waals surface area contributed by atoms with E-state index in [4.69, 9.17) is 4.42 Å². The van der Waals surface area contributed by atoms with Gasteiger partial charge in [-0.25, -0.2) is 0 Å². The Morgan fingerprint density at radius 3 is 2.77 bits per heavy atom. The Balaban J connectivity index is 1.57. The third-order valence-electron chi connectivity index (χ3n) is 3.80. The maximum absolute atomic E-state index is 12.2. The van der Waals surface area contributed by atoms with Crippen LogP contribution in [0.4, 0.5) is 5.69 Å². The minimum atomic E-state index is -0.0761. The smallest absolute Gasteiger partial charge is 0.279 e. The predicted molar refractivity (Wildman–Crippen MR) is 103 cm³/mol. The molecule has 7 heteroatoms. The number of nitrogens with one attached hydrogen (secondary N) is 2. The van der Waals surface area contributed by atoms with Crippen molar-refractivity contribution in [3.05, 3.63) is 64.5 Å². The number of anilines is 1. The molecule has 6 nitrogen and oxygen atoms in total. The number of halogens is 1. The van der Waals surface area contributed by atoms with Gasteiger partial charge in [0.15, 0.2) is 13.1 Å². The summed E-state index contributed by atoms with van der Waals surface area (Å²) in [6, 6.07) is 15.4. The summed E-state index contributed by atoms with van der Waals surface area (Å²) in [5, 5.41) is 11.1. The van der Waals surface area contributed by atoms with E-state index in [9.17, 15) is 4.79 Å². The topological polar surface area (TPSA) is 72.5 Å². The molecule has 1 atom stereocenters. The van der Waals surface area contributed by atoms with E-state index in [1.807, 2.05) is 62.5 Å². The van der Waals surface area contributed by atoms with Crippen LogP contribution >= 0.6 is 15.9 Å². The highest BCUT2D eigenvalue weighted by molar-refractivity contribution is 9.10. The van der Waals surface area contributed by atoms with E-state index in [-0.39, 0.29) is 5.91 Å². The first-order valence-corrected chi connectivity index (χ1v) is 9.05. The largest absolute Gasteiger partial charge is 0.415 e. The van der Waals surface area contributed by atoms with Gasteiger partial charge in [-0.15, -0.1) is 10.2 Å². The molecule has 1 unspecified atom stereocenters. The lowest BCUT2D eigenvalue weighted by Gasteiger charge is -2.12. The average molecular weight is 416 g/mol. The van der Waals surface area contributed by atoms with Gasteiger partial charge in [-0.1, -0.05) is 29.8 Å². The number of hydrogen-bond acceptors (Lipinski definition) is 4. The SMILES string of the molecule is Cc1cccc(-c2nnc(C[NH+](C)CC(=O)Nc3ccccc3Br)o2)c1. The highest BCUT2D eigenvalue weighted by atomic mass is 79.9. The molecule has 3 aromatic rings. The minimum Gasteiger partial charge on any atom is -0.415 e. The number of rotatable bonds is 6. The fourth-order valence-corrected chi connectivity index (χ4v) is 2.96. The van der Waals surface area contributed by atoms with Crippen molar-refractivity contribution >= 4 is 27.5 Å². The maximum atomic E-state index is 12.2. The van der Waals surface area contributed by atoms with Gasteiger partial charge in [-0.3, -0.25) is 4.79 Å². The standard InChI is InChI=1S/C19H19BrN4O2/c1-13-6-5-7-14(10-13)19-23-22-18(26-19)12-24(2)11-17(25)21-16-9-4-3-8-15(16)20/h3-10H,11-12H2,1-2H3,(H,21,25)/p+1. The number of amides is 1. The molecule has 0 saturated carbocycles. The van der Waals surface area contributed by atoms with Crippen LogP contribution in [0.2, 0.25) is 0 Å². The molecular formula is C19H20BrN4O2+. The summed E-state index contributed by atoms with van der Waals surface area (Å²) in [6.45, 7) is 2.79. The second-order valence-electron chi connectivity index (χ2n) is 6.21. The molecule has 3 rings (SSSR count). The van der Waals surface area contributed by atoms with Crippen LogP contribution in [-0.2, 0) is 11.3 Å². The van der Waals surface area contributed by atoms with Crippen molar-refractivity contribution in [2.24, 2.45) is 0 Å². The molecule has 0 saturated heterocycles. The second-order valence-corrected chi connectivity index (χ2v) is 7.06.